The van der Waals surface area contributed by atoms with Crippen LogP contribution in [0.3, 0.4) is 0 Å². The Kier molecular flexibility index (Phi) is 12.6. The molecule has 0 spiro atoms. The van der Waals surface area contributed by atoms with Gasteiger partial charge in [0.2, 0.25) is 17.7 Å². The van der Waals surface area contributed by atoms with Gasteiger partial charge in [-0.2, -0.15) is 12.6 Å². The van der Waals surface area contributed by atoms with Crippen molar-refractivity contribution in [3.05, 3.63) is 54.1 Å². The molecule has 12 nitrogen and oxygen atoms in total. The molecule has 0 aliphatic carbocycles. The molecule has 2 rings (SSSR count). The zero-order chi connectivity index (χ0) is 27.2. The second kappa shape index (κ2) is 15.6. The second-order valence-corrected chi connectivity index (χ2v) is 8.93. The van der Waals surface area contributed by atoms with Gasteiger partial charge >= 0.3 is 5.97 Å². The highest BCUT2D eigenvalue weighted by Crippen LogP contribution is 2.07. The highest BCUT2D eigenvalue weighted by molar-refractivity contribution is 7.80. The van der Waals surface area contributed by atoms with Crippen molar-refractivity contribution in [2.45, 2.75) is 56.3 Å². The van der Waals surface area contributed by atoms with Crippen molar-refractivity contribution in [2.75, 3.05) is 12.3 Å². The van der Waals surface area contributed by atoms with E-state index in [1.165, 1.54) is 12.5 Å². The lowest BCUT2D eigenvalue weighted by Gasteiger charge is -2.24. The maximum Gasteiger partial charge on any atom is 0.326 e. The van der Waals surface area contributed by atoms with E-state index < -0.39 is 47.9 Å². The van der Waals surface area contributed by atoms with E-state index >= 15 is 0 Å². The number of carbonyl (C=O) groups excluding carboxylic acids is 3. The normalized spacial score (nSPS) is 14.1. The topological polar surface area (TPSA) is 205 Å². The average Bonchev–Trinajstić information content (AvgIpc) is 3.40. The number of H-pyrrole nitrogens is 1. The van der Waals surface area contributed by atoms with Crippen LogP contribution >= 0.6 is 12.6 Å². The lowest BCUT2D eigenvalue weighted by atomic mass is 10.0. The first-order valence-electron chi connectivity index (χ1n) is 12.0. The lowest BCUT2D eigenvalue weighted by Crippen LogP contribution is -2.58. The van der Waals surface area contributed by atoms with Crippen molar-refractivity contribution in [2.24, 2.45) is 11.5 Å². The molecule has 1 aromatic carbocycles. The summed E-state index contributed by atoms with van der Waals surface area (Å²) in [5.41, 5.74) is 12.8. The van der Waals surface area contributed by atoms with Crippen molar-refractivity contribution < 1.29 is 24.3 Å². The van der Waals surface area contributed by atoms with Crippen LogP contribution in [0, 0.1) is 0 Å². The monoisotopic (exact) mass is 533 g/mol. The predicted octanol–water partition coefficient (Wildman–Crippen LogP) is -0.880. The minimum Gasteiger partial charge on any atom is -0.480 e. The van der Waals surface area contributed by atoms with Crippen LogP contribution in [-0.4, -0.2) is 75.2 Å². The number of nitrogens with one attached hydrogen (secondary N) is 4. The van der Waals surface area contributed by atoms with Crippen molar-refractivity contribution in [3.8, 4) is 0 Å². The number of imidazole rings is 1. The van der Waals surface area contributed by atoms with E-state index in [0.29, 0.717) is 25.1 Å². The number of thiol groups is 1. The van der Waals surface area contributed by atoms with Gasteiger partial charge in [0.05, 0.1) is 12.4 Å². The van der Waals surface area contributed by atoms with Gasteiger partial charge in [0.25, 0.3) is 0 Å². The largest absolute Gasteiger partial charge is 0.480 e. The zero-order valence-electron chi connectivity index (χ0n) is 20.4. The van der Waals surface area contributed by atoms with Crippen molar-refractivity contribution in [1.82, 2.24) is 25.9 Å². The summed E-state index contributed by atoms with van der Waals surface area (Å²) in [6.07, 6.45) is 4.81. The summed E-state index contributed by atoms with van der Waals surface area (Å²) in [6, 6.07) is 4.82. The Morgan fingerprint density at radius 3 is 2.19 bits per heavy atom. The van der Waals surface area contributed by atoms with Gasteiger partial charge < -0.3 is 37.5 Å². The fraction of sp³-hybridized carbons (Fsp3) is 0.458. The van der Waals surface area contributed by atoms with Gasteiger partial charge in [-0.1, -0.05) is 36.8 Å². The Balaban J connectivity index is 2.09. The summed E-state index contributed by atoms with van der Waals surface area (Å²) in [4.78, 5) is 57.0. The van der Waals surface area contributed by atoms with E-state index in [9.17, 15) is 24.3 Å². The Morgan fingerprint density at radius 1 is 0.946 bits per heavy atom. The molecule has 0 radical (unpaired) electrons. The molecule has 4 atom stereocenters. The fourth-order valence-electron chi connectivity index (χ4n) is 3.53. The van der Waals surface area contributed by atoms with Crippen LogP contribution in [0.15, 0.2) is 42.9 Å². The number of amides is 3. The van der Waals surface area contributed by atoms with Crippen LogP contribution < -0.4 is 27.4 Å². The zero-order valence-corrected chi connectivity index (χ0v) is 21.3. The number of unbranched alkanes of at least 4 members (excludes halogenated alkanes) is 1. The number of aromatic amines is 1. The van der Waals surface area contributed by atoms with Gasteiger partial charge in [0, 0.05) is 30.5 Å². The standard InChI is InChI=1S/C24H35N7O5S/c25-9-5-4-8-17(26)21(32)29-18(10-15-6-2-1-3-7-15)22(33)31-20(13-37)23(34)30-19(24(35)36)11-16-12-27-14-28-16/h1-3,6-7,12,14,17-20,37H,4-5,8-11,13,25-26H2,(H,27,28)(H,29,32)(H,30,34)(H,31,33)(H,35,36). The third kappa shape index (κ3) is 10.2. The summed E-state index contributed by atoms with van der Waals surface area (Å²) in [5.74, 6) is -3.19. The SMILES string of the molecule is NCCCCC(N)C(=O)NC(Cc1ccccc1)C(=O)NC(CS)C(=O)NC(Cc1cnc[nH]1)C(=O)O. The third-order valence-electron chi connectivity index (χ3n) is 5.63. The number of aromatic nitrogens is 2. The molecule has 9 N–H and O–H groups in total. The first-order chi connectivity index (χ1) is 17.7. The van der Waals surface area contributed by atoms with Gasteiger partial charge in [-0.05, 0) is 24.9 Å². The molecule has 2 aromatic rings. The summed E-state index contributed by atoms with van der Waals surface area (Å²) in [5, 5.41) is 17.2. The third-order valence-corrected chi connectivity index (χ3v) is 6.00. The van der Waals surface area contributed by atoms with E-state index in [1.807, 2.05) is 18.2 Å². The number of carboxylic acids is 1. The van der Waals surface area contributed by atoms with Crippen molar-refractivity contribution >= 4 is 36.3 Å². The number of hydrogen-bond donors (Lipinski definition) is 8. The molecule has 1 aromatic heterocycles. The maximum absolute atomic E-state index is 13.2. The van der Waals surface area contributed by atoms with Gasteiger partial charge in [0.1, 0.15) is 18.1 Å². The molecule has 4 unspecified atom stereocenters. The molecule has 3 amide bonds. The first-order valence-corrected chi connectivity index (χ1v) is 12.6. The molecule has 0 aliphatic rings. The van der Waals surface area contributed by atoms with Crippen LogP contribution in [0.4, 0.5) is 0 Å². The van der Waals surface area contributed by atoms with Gasteiger partial charge in [-0.25, -0.2) is 9.78 Å². The highest BCUT2D eigenvalue weighted by Gasteiger charge is 2.30. The van der Waals surface area contributed by atoms with Gasteiger partial charge in [-0.15, -0.1) is 0 Å². The summed E-state index contributed by atoms with van der Waals surface area (Å²) >= 11 is 4.15. The average molecular weight is 534 g/mol. The van der Waals surface area contributed by atoms with Gasteiger partial charge in [-0.3, -0.25) is 14.4 Å². The van der Waals surface area contributed by atoms with Crippen LogP contribution in [0.2, 0.25) is 0 Å². The maximum atomic E-state index is 13.2. The molecule has 13 heteroatoms. The molecular weight excluding hydrogens is 498 g/mol. The predicted molar refractivity (Wildman–Crippen MR) is 141 cm³/mol. The van der Waals surface area contributed by atoms with Crippen LogP contribution in [0.5, 0.6) is 0 Å². The number of nitrogens with zero attached hydrogens (tertiary/aromatic N) is 1. The van der Waals surface area contributed by atoms with Gasteiger partial charge in [0.15, 0.2) is 0 Å². The van der Waals surface area contributed by atoms with E-state index in [4.69, 9.17) is 11.5 Å². The fourth-order valence-corrected chi connectivity index (χ4v) is 3.79. The number of nitrogens with two attached hydrogens (primary N) is 2. The molecule has 37 heavy (non-hydrogen) atoms. The summed E-state index contributed by atoms with van der Waals surface area (Å²) < 4.78 is 0. The smallest absolute Gasteiger partial charge is 0.326 e. The minimum absolute atomic E-state index is 0.0248. The molecule has 0 bridgehead atoms. The summed E-state index contributed by atoms with van der Waals surface area (Å²) in [6.45, 7) is 0.491. The Labute approximate surface area is 220 Å². The molecule has 1 heterocycles. The number of carbonyl (C=O) groups is 4. The molecule has 0 saturated carbocycles. The lowest BCUT2D eigenvalue weighted by molar-refractivity contribution is -0.142. The molecule has 0 fully saturated rings. The van der Waals surface area contributed by atoms with Crippen LogP contribution in [0.1, 0.15) is 30.5 Å². The number of benzene rings is 1. The second-order valence-electron chi connectivity index (χ2n) is 8.57. The van der Waals surface area contributed by atoms with Crippen molar-refractivity contribution in [1.29, 1.82) is 0 Å². The molecule has 0 aliphatic heterocycles. The van der Waals surface area contributed by atoms with Crippen LogP contribution in [0.25, 0.3) is 0 Å². The molecular formula is C24H35N7O5S. The Hall–Kier alpha value is -3.42. The number of hydrogen-bond acceptors (Lipinski definition) is 8. The van der Waals surface area contributed by atoms with E-state index in [0.717, 1.165) is 12.0 Å². The highest BCUT2D eigenvalue weighted by atomic mass is 32.1. The van der Waals surface area contributed by atoms with E-state index in [-0.39, 0.29) is 18.6 Å². The molecule has 0 saturated heterocycles. The quantitative estimate of drug-likeness (QED) is 0.100. The Bertz CT molecular complexity index is 1010. The van der Waals surface area contributed by atoms with E-state index in [2.05, 4.69) is 38.5 Å². The number of carboxylic acid groups (broad SMARTS) is 1. The number of aliphatic carboxylic acids is 1. The van der Waals surface area contributed by atoms with E-state index in [1.54, 1.807) is 12.1 Å². The molecule has 202 valence electrons. The van der Waals surface area contributed by atoms with Crippen LogP contribution in [-0.2, 0) is 32.0 Å². The number of rotatable bonds is 16. The minimum atomic E-state index is -1.25. The first kappa shape index (κ1) is 29.8. The van der Waals surface area contributed by atoms with Crippen molar-refractivity contribution in [3.63, 3.8) is 0 Å². The summed E-state index contributed by atoms with van der Waals surface area (Å²) in [7, 11) is 0. The Morgan fingerprint density at radius 2 is 1.59 bits per heavy atom.